The Bertz CT molecular complexity index is 678. The van der Waals surface area contributed by atoms with Crippen molar-refractivity contribution in [2.24, 2.45) is 5.92 Å². The molecular weight excluding hydrogens is 288 g/mol. The number of hydrogen-bond donors (Lipinski definition) is 1. The van der Waals surface area contributed by atoms with Gasteiger partial charge < -0.3 is 5.32 Å². The quantitative estimate of drug-likeness (QED) is 0.923. The molecule has 6 heteroatoms. The number of halogens is 2. The van der Waals surface area contributed by atoms with Gasteiger partial charge in [0, 0.05) is 5.92 Å². The molecule has 1 aromatic carbocycles. The minimum atomic E-state index is -2.82. The van der Waals surface area contributed by atoms with Crippen LogP contribution in [0.4, 0.5) is 8.78 Å². The molecule has 22 heavy (non-hydrogen) atoms. The zero-order valence-electron chi connectivity index (χ0n) is 12.2. The summed E-state index contributed by atoms with van der Waals surface area (Å²) in [6, 6.07) is 9.35. The zero-order chi connectivity index (χ0) is 15.7. The highest BCUT2D eigenvalue weighted by Gasteiger charge is 2.46. The standard InChI is InChI=1S/C16H17F2N3O/c1-11-14(9-20-21(11)13-5-3-2-4-6-13)15(22)19-10-16(17,18)12-7-8-12/h2-6,9,12H,7-8,10H2,1H3,(H,19,22). The van der Waals surface area contributed by atoms with Crippen molar-refractivity contribution in [2.45, 2.75) is 25.7 Å². The van der Waals surface area contributed by atoms with E-state index in [2.05, 4.69) is 10.4 Å². The minimum Gasteiger partial charge on any atom is -0.346 e. The molecule has 1 N–H and O–H groups in total. The summed E-state index contributed by atoms with van der Waals surface area (Å²) in [6.07, 6.45) is 2.48. The van der Waals surface area contributed by atoms with Crippen LogP contribution >= 0.6 is 0 Å². The summed E-state index contributed by atoms with van der Waals surface area (Å²) >= 11 is 0. The van der Waals surface area contributed by atoms with Crippen LogP contribution in [-0.2, 0) is 0 Å². The highest BCUT2D eigenvalue weighted by atomic mass is 19.3. The van der Waals surface area contributed by atoms with Gasteiger partial charge in [-0.05, 0) is 31.9 Å². The topological polar surface area (TPSA) is 46.9 Å². The van der Waals surface area contributed by atoms with Crippen molar-refractivity contribution in [3.8, 4) is 5.69 Å². The molecule has 2 aromatic rings. The molecule has 1 fully saturated rings. The first-order chi connectivity index (χ1) is 10.5. The largest absolute Gasteiger partial charge is 0.346 e. The number of alkyl halides is 2. The summed E-state index contributed by atoms with van der Waals surface area (Å²) in [5, 5.41) is 6.49. The van der Waals surface area contributed by atoms with Crippen LogP contribution in [0, 0.1) is 12.8 Å². The van der Waals surface area contributed by atoms with E-state index in [4.69, 9.17) is 0 Å². The van der Waals surface area contributed by atoms with Crippen molar-refractivity contribution < 1.29 is 13.6 Å². The predicted octanol–water partition coefficient (Wildman–Crippen LogP) is 2.96. The molecule has 0 radical (unpaired) electrons. The number of para-hydroxylation sites is 1. The summed E-state index contributed by atoms with van der Waals surface area (Å²) in [5.41, 5.74) is 1.76. The van der Waals surface area contributed by atoms with Gasteiger partial charge in [-0.25, -0.2) is 13.5 Å². The van der Waals surface area contributed by atoms with Crippen molar-refractivity contribution in [2.75, 3.05) is 6.54 Å². The molecule has 0 bridgehead atoms. The lowest BCUT2D eigenvalue weighted by Crippen LogP contribution is -2.38. The van der Waals surface area contributed by atoms with E-state index in [1.807, 2.05) is 30.3 Å². The number of aromatic nitrogens is 2. The summed E-state index contributed by atoms with van der Waals surface area (Å²) in [7, 11) is 0. The van der Waals surface area contributed by atoms with Gasteiger partial charge in [0.25, 0.3) is 11.8 Å². The second-order valence-electron chi connectivity index (χ2n) is 5.61. The molecule has 1 aliphatic rings. The third kappa shape index (κ3) is 2.86. The summed E-state index contributed by atoms with van der Waals surface area (Å²) in [6.45, 7) is 1.13. The van der Waals surface area contributed by atoms with E-state index in [9.17, 15) is 13.6 Å². The van der Waals surface area contributed by atoms with Crippen LogP contribution in [0.5, 0.6) is 0 Å². The van der Waals surface area contributed by atoms with Crippen LogP contribution in [-0.4, -0.2) is 28.2 Å². The second-order valence-corrected chi connectivity index (χ2v) is 5.61. The molecule has 1 heterocycles. The Morgan fingerprint density at radius 1 is 1.36 bits per heavy atom. The third-order valence-electron chi connectivity index (χ3n) is 3.91. The SMILES string of the molecule is Cc1c(C(=O)NCC(F)(F)C2CC2)cnn1-c1ccccc1. The Morgan fingerprint density at radius 2 is 2.05 bits per heavy atom. The number of carbonyl (C=O) groups is 1. The van der Waals surface area contributed by atoms with E-state index in [1.165, 1.54) is 6.20 Å². The van der Waals surface area contributed by atoms with E-state index >= 15 is 0 Å². The van der Waals surface area contributed by atoms with E-state index < -0.39 is 24.3 Å². The van der Waals surface area contributed by atoms with Crippen LogP contribution in [0.3, 0.4) is 0 Å². The second kappa shape index (κ2) is 5.51. The number of carbonyl (C=O) groups excluding carboxylic acids is 1. The molecule has 0 aliphatic heterocycles. The first-order valence-electron chi connectivity index (χ1n) is 7.25. The van der Waals surface area contributed by atoms with Crippen molar-refractivity contribution in [1.82, 2.24) is 15.1 Å². The summed E-state index contributed by atoms with van der Waals surface area (Å²) < 4.78 is 28.9. The van der Waals surface area contributed by atoms with Gasteiger partial charge in [-0.15, -0.1) is 0 Å². The average molecular weight is 305 g/mol. The molecule has 3 rings (SSSR count). The fourth-order valence-electron chi connectivity index (χ4n) is 2.41. The first-order valence-corrected chi connectivity index (χ1v) is 7.25. The lowest BCUT2D eigenvalue weighted by molar-refractivity contribution is -0.0196. The smallest absolute Gasteiger partial charge is 0.267 e. The normalized spacial score (nSPS) is 14.9. The van der Waals surface area contributed by atoms with E-state index in [-0.39, 0.29) is 0 Å². The highest BCUT2D eigenvalue weighted by Crippen LogP contribution is 2.42. The molecule has 1 amide bonds. The van der Waals surface area contributed by atoms with Gasteiger partial charge in [0.05, 0.1) is 29.7 Å². The van der Waals surface area contributed by atoms with Crippen molar-refractivity contribution in [3.63, 3.8) is 0 Å². The van der Waals surface area contributed by atoms with Crippen molar-refractivity contribution in [3.05, 3.63) is 47.8 Å². The fraction of sp³-hybridized carbons (Fsp3) is 0.375. The van der Waals surface area contributed by atoms with Gasteiger partial charge in [-0.3, -0.25) is 4.79 Å². The third-order valence-corrected chi connectivity index (χ3v) is 3.91. The summed E-state index contributed by atoms with van der Waals surface area (Å²) in [5.74, 6) is -3.92. The monoisotopic (exact) mass is 305 g/mol. The van der Waals surface area contributed by atoms with Crippen LogP contribution in [0.25, 0.3) is 5.69 Å². The van der Waals surface area contributed by atoms with Crippen LogP contribution in [0.2, 0.25) is 0 Å². The zero-order valence-corrected chi connectivity index (χ0v) is 12.2. The molecule has 0 spiro atoms. The Labute approximate surface area is 127 Å². The Morgan fingerprint density at radius 3 is 2.68 bits per heavy atom. The number of amides is 1. The van der Waals surface area contributed by atoms with Gasteiger partial charge in [0.2, 0.25) is 0 Å². The molecule has 0 atom stereocenters. The molecular formula is C16H17F2N3O. The van der Waals surface area contributed by atoms with Gasteiger partial charge in [-0.2, -0.15) is 5.10 Å². The highest BCUT2D eigenvalue weighted by molar-refractivity contribution is 5.95. The van der Waals surface area contributed by atoms with Crippen LogP contribution < -0.4 is 5.32 Å². The maximum Gasteiger partial charge on any atom is 0.267 e. The first kappa shape index (κ1) is 14.7. The number of nitrogens with one attached hydrogen (secondary N) is 1. The number of nitrogens with zero attached hydrogens (tertiary/aromatic N) is 2. The predicted molar refractivity (Wildman–Crippen MR) is 78.3 cm³/mol. The molecule has 0 saturated heterocycles. The molecule has 1 aromatic heterocycles. The molecule has 1 aliphatic carbocycles. The van der Waals surface area contributed by atoms with E-state index in [0.29, 0.717) is 24.1 Å². The molecule has 116 valence electrons. The Kier molecular flexibility index (Phi) is 3.68. The Balaban J connectivity index is 1.72. The fourth-order valence-corrected chi connectivity index (χ4v) is 2.41. The molecule has 1 saturated carbocycles. The van der Waals surface area contributed by atoms with Gasteiger partial charge >= 0.3 is 0 Å². The molecule has 0 unspecified atom stereocenters. The van der Waals surface area contributed by atoms with Crippen molar-refractivity contribution in [1.29, 1.82) is 0 Å². The van der Waals surface area contributed by atoms with E-state index in [0.717, 1.165) is 5.69 Å². The number of benzene rings is 1. The van der Waals surface area contributed by atoms with Gasteiger partial charge in [0.1, 0.15) is 0 Å². The van der Waals surface area contributed by atoms with Crippen molar-refractivity contribution >= 4 is 5.91 Å². The van der Waals surface area contributed by atoms with Gasteiger partial charge in [0.15, 0.2) is 0 Å². The average Bonchev–Trinajstić information content (AvgIpc) is 3.30. The summed E-state index contributed by atoms with van der Waals surface area (Å²) in [4.78, 5) is 12.1. The van der Waals surface area contributed by atoms with E-state index in [1.54, 1.807) is 11.6 Å². The van der Waals surface area contributed by atoms with Gasteiger partial charge in [-0.1, -0.05) is 18.2 Å². The molecule has 4 nitrogen and oxygen atoms in total. The lowest BCUT2D eigenvalue weighted by atomic mass is 10.2. The van der Waals surface area contributed by atoms with Crippen LogP contribution in [0.1, 0.15) is 28.9 Å². The minimum absolute atomic E-state index is 0.315. The lowest BCUT2D eigenvalue weighted by Gasteiger charge is -2.16. The maximum absolute atomic E-state index is 13.6. The Hall–Kier alpha value is -2.24. The number of hydrogen-bond acceptors (Lipinski definition) is 2. The van der Waals surface area contributed by atoms with Crippen LogP contribution in [0.15, 0.2) is 36.5 Å². The number of rotatable bonds is 5. The maximum atomic E-state index is 13.6.